The van der Waals surface area contributed by atoms with E-state index in [4.69, 9.17) is 5.11 Å². The minimum atomic E-state index is -0.199. The Hall–Kier alpha value is -2.15. The zero-order valence-corrected chi connectivity index (χ0v) is 12.7. The summed E-state index contributed by atoms with van der Waals surface area (Å²) in [6, 6.07) is 0. The average Bonchev–Trinajstić information content (AvgIpc) is 2.69. The van der Waals surface area contributed by atoms with Gasteiger partial charge < -0.3 is 10.0 Å². The number of nitrogens with one attached hydrogen (secondary N) is 1. The van der Waals surface area contributed by atoms with E-state index in [2.05, 4.69) is 10.1 Å². The van der Waals surface area contributed by atoms with Crippen LogP contribution in [0.25, 0.3) is 11.0 Å². The molecule has 7 nitrogen and oxygen atoms in total. The highest BCUT2D eigenvalue weighted by Gasteiger charge is 2.18. The minimum Gasteiger partial charge on any atom is -0.395 e. The second-order valence-electron chi connectivity index (χ2n) is 5.21. The fourth-order valence-electron chi connectivity index (χ4n) is 2.47. The molecule has 0 bridgehead atoms. The van der Waals surface area contributed by atoms with Crippen molar-refractivity contribution in [1.82, 2.24) is 19.7 Å². The summed E-state index contributed by atoms with van der Waals surface area (Å²) in [5, 5.41) is 12.1. The maximum Gasteiger partial charge on any atom is 0.273 e. The van der Waals surface area contributed by atoms with Crippen molar-refractivity contribution < 1.29 is 9.90 Å². The third kappa shape index (κ3) is 2.69. The number of aliphatic hydroxyl groups is 1. The first kappa shape index (κ1) is 15.2. The normalized spacial score (nSPS) is 11.1. The maximum atomic E-state index is 12.1. The van der Waals surface area contributed by atoms with Gasteiger partial charge in [-0.2, -0.15) is 0 Å². The van der Waals surface area contributed by atoms with Gasteiger partial charge >= 0.3 is 0 Å². The van der Waals surface area contributed by atoms with Crippen LogP contribution in [0.4, 0.5) is 0 Å². The number of carbonyl (C=O) groups is 1. The molecule has 2 heterocycles. The summed E-state index contributed by atoms with van der Waals surface area (Å²) < 4.78 is 1.58. The van der Waals surface area contributed by atoms with Crippen LogP contribution in [0.1, 0.15) is 16.8 Å². The Morgan fingerprint density at radius 2 is 2.10 bits per heavy atom. The molecule has 114 valence electrons. The number of aliphatic hydroxyl groups excluding tert-OH is 1. The van der Waals surface area contributed by atoms with Gasteiger partial charge in [0.05, 0.1) is 18.4 Å². The Kier molecular flexibility index (Phi) is 4.13. The summed E-state index contributed by atoms with van der Waals surface area (Å²) in [6.07, 6.45) is 0.172. The number of hydrogen-bond acceptors (Lipinski definition) is 4. The Bertz CT molecular complexity index is 745. The molecule has 0 aliphatic heterocycles. The van der Waals surface area contributed by atoms with Crippen molar-refractivity contribution in [1.29, 1.82) is 0 Å². The molecule has 0 saturated carbocycles. The summed E-state index contributed by atoms with van der Waals surface area (Å²) in [5.41, 5.74) is 2.68. The number of likely N-dealkylation sites (N-methyl/N-ethyl adjacent to an activating group) is 1. The first-order valence-electron chi connectivity index (χ1n) is 6.76. The van der Waals surface area contributed by atoms with Crippen LogP contribution in [0.5, 0.6) is 0 Å². The van der Waals surface area contributed by atoms with Crippen LogP contribution in [-0.4, -0.2) is 50.9 Å². The summed E-state index contributed by atoms with van der Waals surface area (Å²) >= 11 is 0. The Morgan fingerprint density at radius 3 is 2.71 bits per heavy atom. The van der Waals surface area contributed by atoms with E-state index in [1.807, 2.05) is 13.8 Å². The molecule has 0 saturated heterocycles. The number of hydrogen-bond donors (Lipinski definition) is 2. The van der Waals surface area contributed by atoms with Gasteiger partial charge in [0.15, 0.2) is 5.65 Å². The van der Waals surface area contributed by atoms with E-state index in [-0.39, 0.29) is 24.5 Å². The quantitative estimate of drug-likeness (QED) is 0.821. The number of pyridine rings is 1. The van der Waals surface area contributed by atoms with Crippen molar-refractivity contribution in [2.75, 3.05) is 20.2 Å². The van der Waals surface area contributed by atoms with Gasteiger partial charge in [-0.15, -0.1) is 0 Å². The van der Waals surface area contributed by atoms with Gasteiger partial charge in [-0.25, -0.2) is 4.98 Å². The molecule has 2 aromatic heterocycles. The van der Waals surface area contributed by atoms with Gasteiger partial charge in [-0.3, -0.25) is 19.4 Å². The first-order chi connectivity index (χ1) is 9.86. The number of aromatic amines is 1. The number of nitrogens with zero attached hydrogens (tertiary/aromatic N) is 3. The van der Waals surface area contributed by atoms with Gasteiger partial charge in [0.1, 0.15) is 0 Å². The average molecular weight is 292 g/mol. The largest absolute Gasteiger partial charge is 0.395 e. The summed E-state index contributed by atoms with van der Waals surface area (Å²) in [7, 11) is 3.37. The second-order valence-corrected chi connectivity index (χ2v) is 5.21. The van der Waals surface area contributed by atoms with Crippen molar-refractivity contribution in [2.24, 2.45) is 7.05 Å². The predicted molar refractivity (Wildman–Crippen MR) is 79.2 cm³/mol. The molecule has 0 aliphatic carbocycles. The number of aryl methyl sites for hydroxylation is 3. The third-order valence-corrected chi connectivity index (χ3v) is 3.76. The van der Waals surface area contributed by atoms with E-state index >= 15 is 0 Å². The van der Waals surface area contributed by atoms with Crippen LogP contribution in [0.15, 0.2) is 4.79 Å². The molecule has 0 radical (unpaired) electrons. The lowest BCUT2D eigenvalue weighted by Crippen LogP contribution is -2.31. The van der Waals surface area contributed by atoms with E-state index < -0.39 is 0 Å². The Labute approximate surface area is 122 Å². The van der Waals surface area contributed by atoms with E-state index in [1.54, 1.807) is 18.8 Å². The van der Waals surface area contributed by atoms with Crippen LogP contribution in [0.2, 0.25) is 0 Å². The van der Waals surface area contributed by atoms with Gasteiger partial charge in [-0.1, -0.05) is 0 Å². The van der Waals surface area contributed by atoms with Gasteiger partial charge in [-0.05, 0) is 25.0 Å². The first-order valence-corrected chi connectivity index (χ1v) is 6.76. The summed E-state index contributed by atoms with van der Waals surface area (Å²) in [4.78, 5) is 30.0. The van der Waals surface area contributed by atoms with Gasteiger partial charge in [0.2, 0.25) is 5.91 Å². The van der Waals surface area contributed by atoms with Crippen LogP contribution in [0, 0.1) is 13.8 Å². The molecular weight excluding hydrogens is 272 g/mol. The molecule has 0 aromatic carbocycles. The van der Waals surface area contributed by atoms with Crippen molar-refractivity contribution in [3.63, 3.8) is 0 Å². The van der Waals surface area contributed by atoms with E-state index in [0.29, 0.717) is 17.6 Å². The number of amides is 1. The van der Waals surface area contributed by atoms with Crippen molar-refractivity contribution in [2.45, 2.75) is 20.3 Å². The van der Waals surface area contributed by atoms with Gasteiger partial charge in [0.25, 0.3) is 5.56 Å². The predicted octanol–water partition coefficient (Wildman–Crippen LogP) is -0.128. The molecule has 0 spiro atoms. The van der Waals surface area contributed by atoms with Gasteiger partial charge in [0, 0.05) is 26.3 Å². The maximum absolute atomic E-state index is 12.1. The number of carbonyl (C=O) groups excluding carboxylic acids is 1. The van der Waals surface area contributed by atoms with Crippen LogP contribution >= 0.6 is 0 Å². The molecule has 0 aliphatic rings. The van der Waals surface area contributed by atoms with Crippen molar-refractivity contribution >= 4 is 16.9 Å². The van der Waals surface area contributed by atoms with E-state index in [9.17, 15) is 9.59 Å². The smallest absolute Gasteiger partial charge is 0.273 e. The molecule has 21 heavy (non-hydrogen) atoms. The molecule has 2 aromatic rings. The lowest BCUT2D eigenvalue weighted by Gasteiger charge is -2.17. The highest BCUT2D eigenvalue weighted by molar-refractivity contribution is 5.84. The fraction of sp³-hybridized carbons (Fsp3) is 0.500. The van der Waals surface area contributed by atoms with Crippen molar-refractivity contribution in [3.05, 3.63) is 27.2 Å². The highest BCUT2D eigenvalue weighted by atomic mass is 16.3. The molecule has 0 unspecified atom stereocenters. The zero-order valence-electron chi connectivity index (χ0n) is 12.7. The van der Waals surface area contributed by atoms with Crippen LogP contribution < -0.4 is 5.56 Å². The number of fused-ring (bicyclic) bond motifs is 1. The highest BCUT2D eigenvalue weighted by Crippen LogP contribution is 2.20. The Balaban J connectivity index is 2.48. The molecule has 1 amide bonds. The number of aromatic nitrogens is 3. The molecule has 0 fully saturated rings. The Morgan fingerprint density at radius 1 is 1.43 bits per heavy atom. The topological polar surface area (TPSA) is 91.2 Å². The van der Waals surface area contributed by atoms with Crippen LogP contribution in [0.3, 0.4) is 0 Å². The van der Waals surface area contributed by atoms with E-state index in [0.717, 1.165) is 16.8 Å². The lowest BCUT2D eigenvalue weighted by atomic mass is 10.0. The number of H-pyrrole nitrogens is 1. The minimum absolute atomic E-state index is 0.0736. The summed E-state index contributed by atoms with van der Waals surface area (Å²) in [5.74, 6) is -0.108. The molecule has 0 atom stereocenters. The molecule has 7 heteroatoms. The second kappa shape index (κ2) is 5.69. The monoisotopic (exact) mass is 292 g/mol. The molecular formula is C14H20N4O3. The molecule has 2 N–H and O–H groups in total. The van der Waals surface area contributed by atoms with E-state index in [1.165, 1.54) is 4.90 Å². The lowest BCUT2D eigenvalue weighted by molar-refractivity contribution is -0.129. The molecule has 2 rings (SSSR count). The fourth-order valence-corrected chi connectivity index (χ4v) is 2.47. The standard InChI is InChI=1S/C14H20N4O3/c1-8-10(7-11(20)17(3)5-6-19)9(2)15-13-12(8)14(21)16-18(13)4/h19H,5-7H2,1-4H3,(H,16,21). The van der Waals surface area contributed by atoms with Crippen LogP contribution in [-0.2, 0) is 18.3 Å². The zero-order chi connectivity index (χ0) is 15.7. The number of rotatable bonds is 4. The van der Waals surface area contributed by atoms with Crippen molar-refractivity contribution in [3.8, 4) is 0 Å². The SMILES string of the molecule is Cc1nc2c(c(C)c1CC(=O)N(C)CCO)c(=O)[nH]n2C. The summed E-state index contributed by atoms with van der Waals surface area (Å²) in [6.45, 7) is 3.88. The third-order valence-electron chi connectivity index (χ3n) is 3.76.